The first-order valence-corrected chi connectivity index (χ1v) is 12.2. The average Bonchev–Trinajstić information content (AvgIpc) is 2.84. The number of hydrogen-bond acceptors (Lipinski definition) is 8. The smallest absolute Gasteiger partial charge is 0.326 e. The Kier molecular flexibility index (Phi) is 13.2. The minimum Gasteiger partial charge on any atom is -0.508 e. The molecule has 0 spiro atoms. The zero-order valence-corrected chi connectivity index (χ0v) is 21.8. The van der Waals surface area contributed by atoms with Crippen molar-refractivity contribution in [2.24, 2.45) is 28.1 Å². The molecule has 0 saturated carbocycles. The van der Waals surface area contributed by atoms with Crippen LogP contribution in [-0.4, -0.2) is 81.7 Å². The summed E-state index contributed by atoms with van der Waals surface area (Å²) >= 11 is 0. The van der Waals surface area contributed by atoms with Crippen LogP contribution in [0.15, 0.2) is 29.3 Å². The highest BCUT2D eigenvalue weighted by molar-refractivity contribution is 5.95. The Labute approximate surface area is 225 Å². The van der Waals surface area contributed by atoms with Gasteiger partial charge in [-0.15, -0.1) is 0 Å². The Hall–Kier alpha value is -4.40. The van der Waals surface area contributed by atoms with Gasteiger partial charge in [0.25, 0.3) is 0 Å². The lowest BCUT2D eigenvalue weighted by molar-refractivity contribution is -0.143. The van der Waals surface area contributed by atoms with Gasteiger partial charge in [-0.1, -0.05) is 26.0 Å². The Morgan fingerprint density at radius 3 is 1.92 bits per heavy atom. The molecule has 216 valence electrons. The van der Waals surface area contributed by atoms with Crippen LogP contribution in [0.3, 0.4) is 0 Å². The van der Waals surface area contributed by atoms with Gasteiger partial charge in [0, 0.05) is 13.0 Å². The summed E-state index contributed by atoms with van der Waals surface area (Å²) in [5.41, 5.74) is 16.9. The van der Waals surface area contributed by atoms with Crippen LogP contribution in [0.4, 0.5) is 0 Å². The summed E-state index contributed by atoms with van der Waals surface area (Å²) in [6, 6.07) is 0.442. The number of aliphatic imine (C=N–C) groups is 1. The summed E-state index contributed by atoms with van der Waals surface area (Å²) in [6.45, 7) is 3.44. The van der Waals surface area contributed by atoms with Crippen molar-refractivity contribution in [1.82, 2.24) is 16.0 Å². The molecule has 0 aliphatic heterocycles. The van der Waals surface area contributed by atoms with Crippen LogP contribution in [0.25, 0.3) is 0 Å². The Morgan fingerprint density at radius 1 is 0.872 bits per heavy atom. The van der Waals surface area contributed by atoms with E-state index < -0.39 is 60.2 Å². The fourth-order valence-electron chi connectivity index (χ4n) is 3.34. The standard InChI is InChI=1S/C24H37N7O8/c1-12(2)19(25)22(37)30-16(11-18(33)34)21(36)29-15(4-3-9-28-24(26)27)20(35)31-17(23(38)39)10-13-5-7-14(32)8-6-13/h5-8,12,15-17,19,32H,3-4,9-11,25H2,1-2H3,(H,29,36)(H,30,37)(H,31,35)(H,33,34)(H,38,39)(H4,26,27,28). The largest absolute Gasteiger partial charge is 0.508 e. The quantitative estimate of drug-likeness (QED) is 0.0614. The van der Waals surface area contributed by atoms with Crippen LogP contribution in [0.5, 0.6) is 5.75 Å². The summed E-state index contributed by atoms with van der Waals surface area (Å²) in [5.74, 6) is -5.83. The molecule has 15 heteroatoms. The third-order valence-corrected chi connectivity index (χ3v) is 5.60. The fourth-order valence-corrected chi connectivity index (χ4v) is 3.34. The van der Waals surface area contributed by atoms with Gasteiger partial charge in [-0.25, -0.2) is 4.79 Å². The number of nitrogens with zero attached hydrogens (tertiary/aromatic N) is 1. The molecule has 3 amide bonds. The van der Waals surface area contributed by atoms with Crippen LogP contribution in [0, 0.1) is 5.92 Å². The third-order valence-electron chi connectivity index (χ3n) is 5.60. The van der Waals surface area contributed by atoms with E-state index in [9.17, 15) is 39.3 Å². The van der Waals surface area contributed by atoms with E-state index >= 15 is 0 Å². The van der Waals surface area contributed by atoms with Gasteiger partial charge >= 0.3 is 11.9 Å². The summed E-state index contributed by atoms with van der Waals surface area (Å²) < 4.78 is 0. The number of phenolic OH excluding ortho intramolecular Hbond substituents is 1. The van der Waals surface area contributed by atoms with E-state index in [1.165, 1.54) is 24.3 Å². The molecule has 1 aromatic rings. The molecule has 0 saturated heterocycles. The maximum Gasteiger partial charge on any atom is 0.326 e. The average molecular weight is 552 g/mol. The summed E-state index contributed by atoms with van der Waals surface area (Å²) in [5, 5.41) is 35.4. The highest BCUT2D eigenvalue weighted by Crippen LogP contribution is 2.12. The van der Waals surface area contributed by atoms with Crippen molar-refractivity contribution in [3.8, 4) is 5.75 Å². The molecule has 39 heavy (non-hydrogen) atoms. The molecular formula is C24H37N7O8. The van der Waals surface area contributed by atoms with E-state index in [4.69, 9.17) is 17.2 Å². The molecule has 0 fully saturated rings. The molecule has 0 bridgehead atoms. The minimum absolute atomic E-state index is 0.0180. The number of amides is 3. The molecule has 0 radical (unpaired) electrons. The maximum absolute atomic E-state index is 13.1. The van der Waals surface area contributed by atoms with Crippen molar-refractivity contribution >= 4 is 35.6 Å². The number of phenols is 1. The Balaban J connectivity index is 3.10. The van der Waals surface area contributed by atoms with Crippen molar-refractivity contribution in [3.63, 3.8) is 0 Å². The van der Waals surface area contributed by atoms with Crippen LogP contribution >= 0.6 is 0 Å². The van der Waals surface area contributed by atoms with E-state index in [-0.39, 0.29) is 43.4 Å². The maximum atomic E-state index is 13.1. The van der Waals surface area contributed by atoms with Gasteiger partial charge in [-0.05, 0) is 36.5 Å². The normalized spacial score (nSPS) is 13.8. The Bertz CT molecular complexity index is 1040. The molecule has 0 heterocycles. The summed E-state index contributed by atoms with van der Waals surface area (Å²) in [7, 11) is 0. The van der Waals surface area contributed by atoms with Crippen molar-refractivity contribution in [1.29, 1.82) is 0 Å². The SMILES string of the molecule is CC(C)C(N)C(=O)NC(CC(=O)O)C(=O)NC(CCCN=C(N)N)C(=O)NC(Cc1ccc(O)cc1)C(=O)O. The van der Waals surface area contributed by atoms with Gasteiger partial charge in [0.05, 0.1) is 12.5 Å². The van der Waals surface area contributed by atoms with E-state index in [0.717, 1.165) is 0 Å². The van der Waals surface area contributed by atoms with Crippen molar-refractivity contribution in [2.45, 2.75) is 63.7 Å². The first-order chi connectivity index (χ1) is 18.2. The van der Waals surface area contributed by atoms with E-state index in [1.54, 1.807) is 13.8 Å². The number of aliphatic carboxylic acids is 2. The number of nitrogens with two attached hydrogens (primary N) is 3. The topological polar surface area (TPSA) is 273 Å². The molecule has 0 aliphatic rings. The number of carbonyl (C=O) groups is 5. The number of rotatable bonds is 16. The number of carbonyl (C=O) groups excluding carboxylic acids is 3. The molecule has 0 aromatic heterocycles. The molecule has 1 rings (SSSR count). The second-order valence-electron chi connectivity index (χ2n) is 9.21. The number of benzene rings is 1. The minimum atomic E-state index is -1.56. The molecule has 4 unspecified atom stereocenters. The lowest BCUT2D eigenvalue weighted by Crippen LogP contribution is -2.58. The lowest BCUT2D eigenvalue weighted by atomic mass is 10.0. The predicted molar refractivity (Wildman–Crippen MR) is 140 cm³/mol. The number of nitrogens with one attached hydrogen (secondary N) is 3. The van der Waals surface area contributed by atoms with Gasteiger partial charge in [0.2, 0.25) is 17.7 Å². The van der Waals surface area contributed by atoms with E-state index in [0.29, 0.717) is 5.56 Å². The second-order valence-corrected chi connectivity index (χ2v) is 9.21. The first kappa shape index (κ1) is 32.6. The van der Waals surface area contributed by atoms with E-state index in [1.807, 2.05) is 0 Å². The highest BCUT2D eigenvalue weighted by atomic mass is 16.4. The number of carboxylic acid groups (broad SMARTS) is 2. The molecular weight excluding hydrogens is 514 g/mol. The molecule has 15 nitrogen and oxygen atoms in total. The predicted octanol–water partition coefficient (Wildman–Crippen LogP) is -2.01. The van der Waals surface area contributed by atoms with Crippen molar-refractivity contribution in [3.05, 3.63) is 29.8 Å². The molecule has 4 atom stereocenters. The first-order valence-electron chi connectivity index (χ1n) is 12.2. The molecule has 0 aliphatic carbocycles. The van der Waals surface area contributed by atoms with Crippen LogP contribution in [0.1, 0.15) is 38.7 Å². The number of carboxylic acids is 2. The van der Waals surface area contributed by atoms with Gasteiger partial charge in [-0.2, -0.15) is 0 Å². The van der Waals surface area contributed by atoms with Gasteiger partial charge in [-0.3, -0.25) is 24.2 Å². The summed E-state index contributed by atoms with van der Waals surface area (Å²) in [4.78, 5) is 65.4. The fraction of sp³-hybridized carbons (Fsp3) is 0.500. The van der Waals surface area contributed by atoms with Gasteiger partial charge in [0.1, 0.15) is 23.9 Å². The van der Waals surface area contributed by atoms with Crippen LogP contribution < -0.4 is 33.2 Å². The summed E-state index contributed by atoms with van der Waals surface area (Å²) in [6.07, 6.45) is -0.760. The van der Waals surface area contributed by atoms with Crippen molar-refractivity contribution in [2.75, 3.05) is 6.54 Å². The zero-order valence-electron chi connectivity index (χ0n) is 21.8. The third kappa shape index (κ3) is 12.1. The lowest BCUT2D eigenvalue weighted by Gasteiger charge is -2.25. The van der Waals surface area contributed by atoms with E-state index in [2.05, 4.69) is 20.9 Å². The van der Waals surface area contributed by atoms with Gasteiger partial charge in [0.15, 0.2) is 5.96 Å². The Morgan fingerprint density at radius 2 is 1.41 bits per heavy atom. The van der Waals surface area contributed by atoms with Crippen molar-refractivity contribution < 1.29 is 39.3 Å². The number of aromatic hydroxyl groups is 1. The molecule has 1 aromatic carbocycles. The van der Waals surface area contributed by atoms with Crippen LogP contribution in [-0.2, 0) is 30.4 Å². The number of hydrogen-bond donors (Lipinski definition) is 9. The highest BCUT2D eigenvalue weighted by Gasteiger charge is 2.31. The second kappa shape index (κ2) is 15.8. The molecule has 12 N–H and O–H groups in total. The zero-order chi connectivity index (χ0) is 29.7. The van der Waals surface area contributed by atoms with Crippen LogP contribution in [0.2, 0.25) is 0 Å². The monoisotopic (exact) mass is 551 g/mol. The number of guanidine groups is 1. The van der Waals surface area contributed by atoms with Gasteiger partial charge < -0.3 is 48.5 Å².